The van der Waals surface area contributed by atoms with Crippen LogP contribution in [0, 0.1) is 13.8 Å². The molecule has 2 N–H and O–H groups in total. The number of H-pyrrole nitrogens is 1. The zero-order chi connectivity index (χ0) is 15.1. The van der Waals surface area contributed by atoms with Crippen molar-refractivity contribution >= 4 is 0 Å². The molecule has 1 aliphatic heterocycles. The molecule has 0 radical (unpaired) electrons. The van der Waals surface area contributed by atoms with Gasteiger partial charge in [-0.3, -0.25) is 0 Å². The summed E-state index contributed by atoms with van der Waals surface area (Å²) in [6.07, 6.45) is 0.989. The maximum Gasteiger partial charge on any atom is 0.137 e. The molecule has 1 aromatic carbocycles. The van der Waals surface area contributed by atoms with Crippen LogP contribution in [-0.4, -0.2) is 26.3 Å². The minimum Gasteiger partial charge on any atom is -0.341 e. The second-order valence-electron chi connectivity index (χ2n) is 5.83. The highest BCUT2D eigenvalue weighted by molar-refractivity contribution is 5.60. The third kappa shape index (κ3) is 2.23. The standard InChI is InChI=1S/C17H19N5/c1-11-8-12(2)22(21-11)14-5-3-4-13(9-14)17-19-15-6-7-18-10-16(15)20-17/h3-5,8-9,18H,6-7,10H2,1-2H3,(H,19,20). The zero-order valence-electron chi connectivity index (χ0n) is 12.8. The second kappa shape index (κ2) is 5.10. The molecule has 4 rings (SSSR count). The van der Waals surface area contributed by atoms with Gasteiger partial charge in [0.05, 0.1) is 22.8 Å². The maximum atomic E-state index is 4.76. The van der Waals surface area contributed by atoms with E-state index in [0.29, 0.717) is 0 Å². The van der Waals surface area contributed by atoms with Crippen molar-refractivity contribution in [3.63, 3.8) is 0 Å². The van der Waals surface area contributed by atoms with Crippen LogP contribution >= 0.6 is 0 Å². The van der Waals surface area contributed by atoms with Crippen LogP contribution in [0.2, 0.25) is 0 Å². The van der Waals surface area contributed by atoms with Crippen molar-refractivity contribution in [1.82, 2.24) is 25.1 Å². The van der Waals surface area contributed by atoms with Crippen molar-refractivity contribution in [3.05, 3.63) is 53.1 Å². The van der Waals surface area contributed by atoms with Gasteiger partial charge in [0, 0.05) is 30.8 Å². The summed E-state index contributed by atoms with van der Waals surface area (Å²) < 4.78 is 1.98. The van der Waals surface area contributed by atoms with Crippen LogP contribution < -0.4 is 5.32 Å². The fourth-order valence-corrected chi connectivity index (χ4v) is 3.03. The lowest BCUT2D eigenvalue weighted by atomic mass is 10.2. The van der Waals surface area contributed by atoms with Crippen molar-refractivity contribution in [2.45, 2.75) is 26.8 Å². The summed E-state index contributed by atoms with van der Waals surface area (Å²) in [5.41, 5.74) is 6.72. The van der Waals surface area contributed by atoms with E-state index in [4.69, 9.17) is 4.98 Å². The number of aryl methyl sites for hydroxylation is 2. The van der Waals surface area contributed by atoms with Crippen LogP contribution in [0.1, 0.15) is 22.8 Å². The highest BCUT2D eigenvalue weighted by Gasteiger charge is 2.15. The Balaban J connectivity index is 1.75. The molecule has 0 aliphatic carbocycles. The van der Waals surface area contributed by atoms with E-state index in [1.807, 2.05) is 11.6 Å². The van der Waals surface area contributed by atoms with Crippen molar-refractivity contribution < 1.29 is 0 Å². The average molecular weight is 293 g/mol. The molecule has 5 heteroatoms. The van der Waals surface area contributed by atoms with Gasteiger partial charge >= 0.3 is 0 Å². The highest BCUT2D eigenvalue weighted by Crippen LogP contribution is 2.23. The first-order valence-electron chi connectivity index (χ1n) is 7.63. The van der Waals surface area contributed by atoms with Crippen LogP contribution in [0.25, 0.3) is 17.1 Å². The number of aromatic amines is 1. The maximum absolute atomic E-state index is 4.76. The van der Waals surface area contributed by atoms with Gasteiger partial charge in [-0.2, -0.15) is 5.10 Å². The van der Waals surface area contributed by atoms with Crippen molar-refractivity contribution in [3.8, 4) is 17.1 Å². The third-order valence-corrected chi connectivity index (χ3v) is 4.08. The fourth-order valence-electron chi connectivity index (χ4n) is 3.03. The van der Waals surface area contributed by atoms with Crippen LogP contribution in [0.3, 0.4) is 0 Å². The first-order valence-corrected chi connectivity index (χ1v) is 7.63. The molecule has 0 saturated heterocycles. The Kier molecular flexibility index (Phi) is 3.08. The Bertz CT molecular complexity index is 804. The van der Waals surface area contributed by atoms with Gasteiger partial charge in [-0.1, -0.05) is 12.1 Å². The number of hydrogen-bond acceptors (Lipinski definition) is 3. The molecule has 0 unspecified atom stereocenters. The largest absolute Gasteiger partial charge is 0.341 e. The summed E-state index contributed by atoms with van der Waals surface area (Å²) in [5, 5.41) is 7.92. The Morgan fingerprint density at radius 1 is 1.18 bits per heavy atom. The number of benzene rings is 1. The molecule has 0 fully saturated rings. The SMILES string of the molecule is Cc1cc(C)n(-c2cccc(-c3nc4c([nH]3)CNCC4)c2)n1. The number of imidazole rings is 1. The monoisotopic (exact) mass is 293 g/mol. The fraction of sp³-hybridized carbons (Fsp3) is 0.294. The molecule has 0 saturated carbocycles. The lowest BCUT2D eigenvalue weighted by Crippen LogP contribution is -2.23. The van der Waals surface area contributed by atoms with Crippen LogP contribution in [0.15, 0.2) is 30.3 Å². The summed E-state index contributed by atoms with van der Waals surface area (Å²) in [5.74, 6) is 0.942. The molecule has 0 spiro atoms. The van der Waals surface area contributed by atoms with Gasteiger partial charge < -0.3 is 10.3 Å². The lowest BCUT2D eigenvalue weighted by molar-refractivity contribution is 0.627. The first kappa shape index (κ1) is 13.3. The van der Waals surface area contributed by atoms with Gasteiger partial charge in [0.15, 0.2) is 0 Å². The van der Waals surface area contributed by atoms with E-state index in [1.54, 1.807) is 0 Å². The topological polar surface area (TPSA) is 58.5 Å². The zero-order valence-corrected chi connectivity index (χ0v) is 12.8. The van der Waals surface area contributed by atoms with E-state index in [2.05, 4.69) is 52.7 Å². The molecular weight excluding hydrogens is 274 g/mol. The molecular formula is C17H19N5. The molecule has 3 heterocycles. The Morgan fingerprint density at radius 3 is 2.86 bits per heavy atom. The number of nitrogens with zero attached hydrogens (tertiary/aromatic N) is 3. The van der Waals surface area contributed by atoms with E-state index in [-0.39, 0.29) is 0 Å². The van der Waals surface area contributed by atoms with Gasteiger partial charge in [0.1, 0.15) is 5.82 Å². The van der Waals surface area contributed by atoms with Gasteiger partial charge in [-0.05, 0) is 32.0 Å². The number of rotatable bonds is 2. The van der Waals surface area contributed by atoms with Crippen molar-refractivity contribution in [1.29, 1.82) is 0 Å². The highest BCUT2D eigenvalue weighted by atomic mass is 15.3. The number of aromatic nitrogens is 4. The number of nitrogens with one attached hydrogen (secondary N) is 2. The Labute approximate surface area is 129 Å². The summed E-state index contributed by atoms with van der Waals surface area (Å²) in [7, 11) is 0. The van der Waals surface area contributed by atoms with Crippen LogP contribution in [-0.2, 0) is 13.0 Å². The smallest absolute Gasteiger partial charge is 0.137 e. The van der Waals surface area contributed by atoms with E-state index >= 15 is 0 Å². The molecule has 5 nitrogen and oxygen atoms in total. The van der Waals surface area contributed by atoms with Crippen molar-refractivity contribution in [2.24, 2.45) is 0 Å². The van der Waals surface area contributed by atoms with E-state index < -0.39 is 0 Å². The van der Waals surface area contributed by atoms with Gasteiger partial charge in [0.25, 0.3) is 0 Å². The number of fused-ring (bicyclic) bond motifs is 1. The van der Waals surface area contributed by atoms with Gasteiger partial charge in [-0.25, -0.2) is 9.67 Å². The minimum absolute atomic E-state index is 0.874. The lowest BCUT2D eigenvalue weighted by Gasteiger charge is -2.09. The van der Waals surface area contributed by atoms with Crippen LogP contribution in [0.4, 0.5) is 0 Å². The van der Waals surface area contributed by atoms with Gasteiger partial charge in [0.2, 0.25) is 0 Å². The quantitative estimate of drug-likeness (QED) is 0.763. The van der Waals surface area contributed by atoms with E-state index in [1.165, 1.54) is 11.4 Å². The molecule has 0 bridgehead atoms. The van der Waals surface area contributed by atoms with Gasteiger partial charge in [-0.15, -0.1) is 0 Å². The first-order chi connectivity index (χ1) is 10.7. The third-order valence-electron chi connectivity index (χ3n) is 4.08. The number of hydrogen-bond donors (Lipinski definition) is 2. The molecule has 0 atom stereocenters. The summed E-state index contributed by atoms with van der Waals surface area (Å²) in [6.45, 7) is 5.97. The summed E-state index contributed by atoms with van der Waals surface area (Å²) in [4.78, 5) is 8.20. The molecule has 3 aromatic rings. The average Bonchev–Trinajstić information content (AvgIpc) is 3.10. The molecule has 1 aliphatic rings. The molecule has 0 amide bonds. The normalized spacial score (nSPS) is 14.1. The Hall–Kier alpha value is -2.40. The summed E-state index contributed by atoms with van der Waals surface area (Å²) >= 11 is 0. The molecule has 22 heavy (non-hydrogen) atoms. The summed E-state index contributed by atoms with van der Waals surface area (Å²) in [6, 6.07) is 10.4. The molecule has 2 aromatic heterocycles. The molecule has 112 valence electrons. The van der Waals surface area contributed by atoms with Crippen LogP contribution in [0.5, 0.6) is 0 Å². The predicted octanol–water partition coefficient (Wildman–Crippen LogP) is 2.52. The minimum atomic E-state index is 0.874. The second-order valence-corrected chi connectivity index (χ2v) is 5.83. The predicted molar refractivity (Wildman–Crippen MR) is 86.0 cm³/mol. The van der Waals surface area contributed by atoms with Crippen molar-refractivity contribution in [2.75, 3.05) is 6.54 Å². The Morgan fingerprint density at radius 2 is 2.09 bits per heavy atom. The van der Waals surface area contributed by atoms with E-state index in [0.717, 1.165) is 48.0 Å². The van der Waals surface area contributed by atoms with E-state index in [9.17, 15) is 0 Å².